The summed E-state index contributed by atoms with van der Waals surface area (Å²) in [5.74, 6) is -1.25. The van der Waals surface area contributed by atoms with Gasteiger partial charge in [-0.15, -0.1) is 0 Å². The van der Waals surface area contributed by atoms with Gasteiger partial charge in [0.2, 0.25) is 0 Å². The van der Waals surface area contributed by atoms with Gasteiger partial charge in [0.15, 0.2) is 0 Å². The molecule has 0 fully saturated rings. The van der Waals surface area contributed by atoms with Crippen molar-refractivity contribution in [3.05, 3.63) is 11.8 Å². The Morgan fingerprint density at radius 2 is 1.78 bits per heavy atom. The average Bonchev–Trinajstić information content (AvgIpc) is 2.12. The standard InChI is InChI=1S/C8H14O3.C4H7NO2/c1-6(2)5-11-8(10)4-7(3)9;1-3(5)2-4(6)7/h6H,4-5H2,1-3H3;2H,5H2,1H3,(H,6,7). The van der Waals surface area contributed by atoms with Crippen LogP contribution in [0.5, 0.6) is 0 Å². The lowest BCUT2D eigenvalue weighted by Crippen LogP contribution is -2.12. The molecular weight excluding hydrogens is 238 g/mol. The predicted molar refractivity (Wildman–Crippen MR) is 66.7 cm³/mol. The minimum absolute atomic E-state index is 0.104. The van der Waals surface area contributed by atoms with Crippen molar-refractivity contribution < 1.29 is 24.2 Å². The third-order valence-corrected chi connectivity index (χ3v) is 1.32. The molecule has 0 heterocycles. The summed E-state index contributed by atoms with van der Waals surface area (Å²) < 4.78 is 4.75. The number of Topliss-reactive ketones (excluding diaryl/α,β-unsaturated/α-hetero) is 1. The molecule has 0 aliphatic heterocycles. The SMILES string of the molecule is CC(=O)CC(=O)OCC(C)C.CC(N)=CC(=O)O. The number of allylic oxidation sites excluding steroid dienone is 1. The Labute approximate surface area is 107 Å². The molecule has 0 radical (unpaired) electrons. The molecule has 0 aliphatic rings. The Hall–Kier alpha value is -1.85. The van der Waals surface area contributed by atoms with E-state index in [1.807, 2.05) is 13.8 Å². The highest BCUT2D eigenvalue weighted by Crippen LogP contribution is 1.95. The van der Waals surface area contributed by atoms with Crippen molar-refractivity contribution in [1.29, 1.82) is 0 Å². The second-order valence-corrected chi connectivity index (χ2v) is 4.18. The van der Waals surface area contributed by atoms with E-state index >= 15 is 0 Å². The number of nitrogens with two attached hydrogens (primary N) is 1. The summed E-state index contributed by atoms with van der Waals surface area (Å²) in [6.07, 6.45) is 0.840. The lowest BCUT2D eigenvalue weighted by Gasteiger charge is -2.04. The van der Waals surface area contributed by atoms with Gasteiger partial charge in [-0.1, -0.05) is 13.8 Å². The lowest BCUT2D eigenvalue weighted by atomic mass is 10.2. The smallest absolute Gasteiger partial charge is 0.330 e. The van der Waals surface area contributed by atoms with Crippen LogP contribution >= 0.6 is 0 Å². The average molecular weight is 259 g/mol. The molecule has 0 aromatic carbocycles. The molecule has 0 aromatic rings. The Morgan fingerprint density at radius 3 is 2.00 bits per heavy atom. The van der Waals surface area contributed by atoms with Crippen LogP contribution < -0.4 is 5.73 Å². The van der Waals surface area contributed by atoms with E-state index in [4.69, 9.17) is 15.6 Å². The highest BCUT2D eigenvalue weighted by molar-refractivity contribution is 5.94. The zero-order chi connectivity index (χ0) is 14.7. The van der Waals surface area contributed by atoms with E-state index in [-0.39, 0.29) is 12.2 Å². The highest BCUT2D eigenvalue weighted by atomic mass is 16.5. The van der Waals surface area contributed by atoms with Crippen molar-refractivity contribution in [3.63, 3.8) is 0 Å². The van der Waals surface area contributed by atoms with Gasteiger partial charge in [0.05, 0.1) is 6.61 Å². The Kier molecular flexibility index (Phi) is 10.6. The number of carboxylic acid groups (broad SMARTS) is 1. The third-order valence-electron chi connectivity index (χ3n) is 1.32. The molecule has 3 N–H and O–H groups in total. The highest BCUT2D eigenvalue weighted by Gasteiger charge is 2.06. The Morgan fingerprint density at radius 1 is 1.28 bits per heavy atom. The topological polar surface area (TPSA) is 107 Å². The molecule has 0 bridgehead atoms. The van der Waals surface area contributed by atoms with Gasteiger partial charge in [0.1, 0.15) is 12.2 Å². The van der Waals surface area contributed by atoms with Crippen LogP contribution in [0.3, 0.4) is 0 Å². The van der Waals surface area contributed by atoms with E-state index in [1.54, 1.807) is 0 Å². The quantitative estimate of drug-likeness (QED) is 0.435. The van der Waals surface area contributed by atoms with Gasteiger partial charge in [0, 0.05) is 11.8 Å². The molecule has 0 aromatic heterocycles. The van der Waals surface area contributed by atoms with Crippen LogP contribution in [0.4, 0.5) is 0 Å². The number of hydrogen-bond acceptors (Lipinski definition) is 5. The number of hydrogen-bond donors (Lipinski definition) is 2. The van der Waals surface area contributed by atoms with Gasteiger partial charge in [-0.05, 0) is 19.8 Å². The van der Waals surface area contributed by atoms with Gasteiger partial charge in [-0.2, -0.15) is 0 Å². The van der Waals surface area contributed by atoms with Crippen LogP contribution in [0.25, 0.3) is 0 Å². The van der Waals surface area contributed by atoms with Crippen LogP contribution in [0.1, 0.15) is 34.1 Å². The molecule has 0 unspecified atom stereocenters. The fourth-order valence-electron chi connectivity index (χ4n) is 0.709. The minimum atomic E-state index is -1.000. The molecular formula is C12H21NO5. The zero-order valence-corrected chi connectivity index (χ0v) is 11.2. The molecule has 0 spiro atoms. The molecule has 0 saturated heterocycles. The molecule has 104 valence electrons. The molecule has 0 amide bonds. The number of rotatable bonds is 5. The van der Waals surface area contributed by atoms with E-state index in [0.717, 1.165) is 6.08 Å². The van der Waals surface area contributed by atoms with Gasteiger partial charge < -0.3 is 15.6 Å². The summed E-state index contributed by atoms with van der Waals surface area (Å²) in [5, 5.41) is 7.93. The molecule has 18 heavy (non-hydrogen) atoms. The third kappa shape index (κ3) is 19.7. The van der Waals surface area contributed by atoms with Gasteiger partial charge in [-0.3, -0.25) is 9.59 Å². The molecule has 0 aliphatic carbocycles. The summed E-state index contributed by atoms with van der Waals surface area (Å²) >= 11 is 0. The summed E-state index contributed by atoms with van der Waals surface area (Å²) in [6.45, 7) is 7.18. The second-order valence-electron chi connectivity index (χ2n) is 4.18. The first-order chi connectivity index (χ1) is 8.15. The molecule has 6 nitrogen and oxygen atoms in total. The molecule has 0 atom stereocenters. The molecule has 0 saturated carbocycles. The van der Waals surface area contributed by atoms with E-state index in [0.29, 0.717) is 18.2 Å². The second kappa shape index (κ2) is 10.3. The van der Waals surface area contributed by atoms with Crippen molar-refractivity contribution in [2.24, 2.45) is 11.7 Å². The summed E-state index contributed by atoms with van der Waals surface area (Å²) in [7, 11) is 0. The normalized spacial score (nSPS) is 10.4. The maximum Gasteiger partial charge on any atom is 0.330 e. The summed E-state index contributed by atoms with van der Waals surface area (Å²) in [4.78, 5) is 30.8. The van der Waals surface area contributed by atoms with E-state index in [9.17, 15) is 14.4 Å². The van der Waals surface area contributed by atoms with Crippen molar-refractivity contribution >= 4 is 17.7 Å². The van der Waals surface area contributed by atoms with Gasteiger partial charge in [-0.25, -0.2) is 4.79 Å². The number of esters is 1. The maximum absolute atomic E-state index is 10.7. The monoisotopic (exact) mass is 259 g/mol. The van der Waals surface area contributed by atoms with Crippen LogP contribution in [0, 0.1) is 5.92 Å². The fourth-order valence-corrected chi connectivity index (χ4v) is 0.709. The predicted octanol–water partition coefficient (Wildman–Crippen LogP) is 1.10. The minimum Gasteiger partial charge on any atom is -0.478 e. The van der Waals surface area contributed by atoms with Crippen LogP contribution in [-0.4, -0.2) is 29.4 Å². The first-order valence-corrected chi connectivity index (χ1v) is 5.46. The van der Waals surface area contributed by atoms with Crippen molar-refractivity contribution in [2.75, 3.05) is 6.61 Å². The number of ketones is 1. The van der Waals surface area contributed by atoms with E-state index in [1.165, 1.54) is 13.8 Å². The van der Waals surface area contributed by atoms with Gasteiger partial charge >= 0.3 is 11.9 Å². The van der Waals surface area contributed by atoms with Crippen molar-refractivity contribution in [1.82, 2.24) is 0 Å². The molecule has 6 heteroatoms. The zero-order valence-electron chi connectivity index (χ0n) is 11.2. The van der Waals surface area contributed by atoms with Crippen LogP contribution in [0.2, 0.25) is 0 Å². The van der Waals surface area contributed by atoms with E-state index < -0.39 is 11.9 Å². The fraction of sp³-hybridized carbons (Fsp3) is 0.583. The number of carbonyl (C=O) groups is 3. The number of carbonyl (C=O) groups excluding carboxylic acids is 2. The van der Waals surface area contributed by atoms with Crippen molar-refractivity contribution in [2.45, 2.75) is 34.1 Å². The Bertz CT molecular complexity index is 316. The van der Waals surface area contributed by atoms with Crippen molar-refractivity contribution in [3.8, 4) is 0 Å². The number of aliphatic carboxylic acids is 1. The largest absolute Gasteiger partial charge is 0.478 e. The van der Waals surface area contributed by atoms with Gasteiger partial charge in [0.25, 0.3) is 0 Å². The lowest BCUT2D eigenvalue weighted by molar-refractivity contribution is -0.146. The first kappa shape index (κ1) is 18.5. The van der Waals surface area contributed by atoms with E-state index in [2.05, 4.69) is 0 Å². The first-order valence-electron chi connectivity index (χ1n) is 5.46. The van der Waals surface area contributed by atoms with Crippen LogP contribution in [0.15, 0.2) is 11.8 Å². The summed E-state index contributed by atoms with van der Waals surface area (Å²) in [5.41, 5.74) is 5.29. The molecule has 0 rings (SSSR count). The number of ether oxygens (including phenoxy) is 1. The Balaban J connectivity index is 0. The number of carboxylic acids is 1. The van der Waals surface area contributed by atoms with Crippen LogP contribution in [-0.2, 0) is 19.1 Å². The summed E-state index contributed by atoms with van der Waals surface area (Å²) in [6, 6.07) is 0. The maximum atomic E-state index is 10.7.